The molecule has 0 saturated heterocycles. The van der Waals surface area contributed by atoms with Crippen LogP contribution in [0.15, 0.2) is 24.3 Å². The zero-order chi connectivity index (χ0) is 12.8. The molecule has 0 bridgehead atoms. The van der Waals surface area contributed by atoms with Crippen molar-refractivity contribution in [3.63, 3.8) is 0 Å². The monoisotopic (exact) mass is 244 g/mol. The van der Waals surface area contributed by atoms with Crippen LogP contribution in [0.5, 0.6) is 0 Å². The molecule has 92 valence electrons. The minimum atomic E-state index is -4.44. The molecule has 2 rings (SSSR count). The first kappa shape index (κ1) is 12.0. The fourth-order valence-electron chi connectivity index (χ4n) is 2.22. The van der Waals surface area contributed by atoms with E-state index in [1.165, 1.54) is 12.1 Å². The summed E-state index contributed by atoms with van der Waals surface area (Å²) in [4.78, 5) is 11.2. The van der Waals surface area contributed by atoms with Crippen molar-refractivity contribution in [3.8, 4) is 0 Å². The molecule has 1 aliphatic rings. The Hall–Kier alpha value is -1.52. The molecular weight excluding hydrogens is 233 g/mol. The highest BCUT2D eigenvalue weighted by Gasteiger charge is 2.59. The van der Waals surface area contributed by atoms with Gasteiger partial charge in [0.1, 0.15) is 0 Å². The van der Waals surface area contributed by atoms with Crippen molar-refractivity contribution >= 4 is 5.97 Å². The number of carbonyl (C=O) groups is 1. The molecule has 1 fully saturated rings. The van der Waals surface area contributed by atoms with Crippen LogP contribution in [-0.2, 0) is 16.4 Å². The van der Waals surface area contributed by atoms with Crippen molar-refractivity contribution in [1.29, 1.82) is 0 Å². The molecule has 1 aromatic carbocycles. The van der Waals surface area contributed by atoms with E-state index in [0.29, 0.717) is 6.42 Å². The second-order valence-corrected chi connectivity index (χ2v) is 4.46. The lowest BCUT2D eigenvalue weighted by atomic mass is 9.92. The van der Waals surface area contributed by atoms with Crippen molar-refractivity contribution < 1.29 is 23.1 Å². The largest absolute Gasteiger partial charge is 0.481 e. The van der Waals surface area contributed by atoms with E-state index in [1.54, 1.807) is 6.92 Å². The van der Waals surface area contributed by atoms with E-state index in [1.807, 2.05) is 0 Å². The smallest absolute Gasteiger partial charge is 0.416 e. The van der Waals surface area contributed by atoms with E-state index in [9.17, 15) is 18.0 Å². The van der Waals surface area contributed by atoms with Crippen molar-refractivity contribution in [2.24, 2.45) is 5.92 Å². The van der Waals surface area contributed by atoms with E-state index >= 15 is 0 Å². The van der Waals surface area contributed by atoms with Crippen molar-refractivity contribution in [2.75, 3.05) is 0 Å². The number of hydrogen-bond acceptors (Lipinski definition) is 1. The van der Waals surface area contributed by atoms with Crippen LogP contribution in [0.25, 0.3) is 0 Å². The SMILES string of the molecule is CC1CC1(C(=O)O)c1cccc(C(F)(F)F)c1. The molecule has 0 spiro atoms. The number of rotatable bonds is 2. The van der Waals surface area contributed by atoms with Gasteiger partial charge < -0.3 is 5.11 Å². The Balaban J connectivity index is 2.45. The number of carboxylic acids is 1. The zero-order valence-electron chi connectivity index (χ0n) is 9.08. The first-order chi connectivity index (χ1) is 7.78. The normalized spacial score (nSPS) is 27.9. The molecule has 5 heteroatoms. The number of carboxylic acid groups (broad SMARTS) is 1. The Bertz CT molecular complexity index is 467. The first-order valence-electron chi connectivity index (χ1n) is 5.19. The van der Waals surface area contributed by atoms with Gasteiger partial charge in [0.05, 0.1) is 11.0 Å². The van der Waals surface area contributed by atoms with Crippen LogP contribution in [0.4, 0.5) is 13.2 Å². The van der Waals surface area contributed by atoms with Crippen LogP contribution in [0.2, 0.25) is 0 Å². The molecule has 1 saturated carbocycles. The topological polar surface area (TPSA) is 37.3 Å². The Morgan fingerprint density at radius 3 is 2.47 bits per heavy atom. The summed E-state index contributed by atoms with van der Waals surface area (Å²) in [6.45, 7) is 1.73. The van der Waals surface area contributed by atoms with Crippen molar-refractivity contribution in [2.45, 2.75) is 24.9 Å². The number of alkyl halides is 3. The Morgan fingerprint density at radius 1 is 1.47 bits per heavy atom. The summed E-state index contributed by atoms with van der Waals surface area (Å²) in [5.41, 5.74) is -1.68. The average Bonchev–Trinajstić information content (AvgIpc) is 2.90. The molecule has 1 N–H and O–H groups in total. The van der Waals surface area contributed by atoms with Gasteiger partial charge in [-0.05, 0) is 24.0 Å². The molecule has 2 unspecified atom stereocenters. The highest BCUT2D eigenvalue weighted by atomic mass is 19.4. The minimum Gasteiger partial charge on any atom is -0.481 e. The summed E-state index contributed by atoms with van der Waals surface area (Å²) in [5, 5.41) is 9.14. The van der Waals surface area contributed by atoms with Gasteiger partial charge >= 0.3 is 12.1 Å². The van der Waals surface area contributed by atoms with Crippen LogP contribution in [0, 0.1) is 5.92 Å². The highest BCUT2D eigenvalue weighted by Crippen LogP contribution is 2.54. The summed E-state index contributed by atoms with van der Waals surface area (Å²) in [5.74, 6) is -1.17. The molecule has 2 atom stereocenters. The van der Waals surface area contributed by atoms with Gasteiger partial charge in [-0.15, -0.1) is 0 Å². The predicted octanol–water partition coefficient (Wildman–Crippen LogP) is 3.07. The Kier molecular flexibility index (Phi) is 2.45. The molecule has 0 radical (unpaired) electrons. The van der Waals surface area contributed by atoms with Gasteiger partial charge in [0, 0.05) is 0 Å². The van der Waals surface area contributed by atoms with E-state index in [0.717, 1.165) is 12.1 Å². The lowest BCUT2D eigenvalue weighted by molar-refractivity contribution is -0.141. The second kappa shape index (κ2) is 3.48. The molecule has 0 heterocycles. The third-order valence-corrected chi connectivity index (χ3v) is 3.40. The fourth-order valence-corrected chi connectivity index (χ4v) is 2.22. The number of hydrogen-bond donors (Lipinski definition) is 1. The molecule has 1 aliphatic carbocycles. The lowest BCUT2D eigenvalue weighted by Gasteiger charge is -2.14. The van der Waals surface area contributed by atoms with Crippen LogP contribution < -0.4 is 0 Å². The van der Waals surface area contributed by atoms with Gasteiger partial charge in [-0.1, -0.05) is 25.1 Å². The summed E-state index contributed by atoms with van der Waals surface area (Å²) < 4.78 is 37.6. The number of aliphatic carboxylic acids is 1. The summed E-state index contributed by atoms with van der Waals surface area (Å²) in [6.07, 6.45) is -4.04. The van der Waals surface area contributed by atoms with Crippen molar-refractivity contribution in [3.05, 3.63) is 35.4 Å². The number of benzene rings is 1. The maximum Gasteiger partial charge on any atom is 0.416 e. The number of halogens is 3. The van der Waals surface area contributed by atoms with Gasteiger partial charge in [0.2, 0.25) is 0 Å². The van der Waals surface area contributed by atoms with E-state index in [-0.39, 0.29) is 11.5 Å². The zero-order valence-corrected chi connectivity index (χ0v) is 9.08. The quantitative estimate of drug-likeness (QED) is 0.868. The Labute approximate surface area is 96.1 Å². The van der Waals surface area contributed by atoms with Gasteiger partial charge in [0.15, 0.2) is 0 Å². The molecule has 0 amide bonds. The maximum atomic E-state index is 12.5. The first-order valence-corrected chi connectivity index (χ1v) is 5.19. The van der Waals surface area contributed by atoms with Crippen LogP contribution in [0.1, 0.15) is 24.5 Å². The Morgan fingerprint density at radius 2 is 2.06 bits per heavy atom. The van der Waals surface area contributed by atoms with Crippen molar-refractivity contribution in [1.82, 2.24) is 0 Å². The third-order valence-electron chi connectivity index (χ3n) is 3.40. The van der Waals surface area contributed by atoms with E-state index < -0.39 is 23.1 Å². The van der Waals surface area contributed by atoms with Gasteiger partial charge in [-0.3, -0.25) is 4.79 Å². The van der Waals surface area contributed by atoms with Gasteiger partial charge in [0.25, 0.3) is 0 Å². The fraction of sp³-hybridized carbons (Fsp3) is 0.417. The second-order valence-electron chi connectivity index (χ2n) is 4.46. The molecule has 1 aromatic rings. The van der Waals surface area contributed by atoms with Gasteiger partial charge in [-0.25, -0.2) is 0 Å². The summed E-state index contributed by atoms with van der Waals surface area (Å²) >= 11 is 0. The molecule has 2 nitrogen and oxygen atoms in total. The minimum absolute atomic E-state index is 0.122. The summed E-state index contributed by atoms with van der Waals surface area (Å²) in [7, 11) is 0. The predicted molar refractivity (Wildman–Crippen MR) is 54.5 cm³/mol. The molecule has 0 aliphatic heterocycles. The van der Waals surface area contributed by atoms with Gasteiger partial charge in [-0.2, -0.15) is 13.2 Å². The molecule has 17 heavy (non-hydrogen) atoms. The van der Waals surface area contributed by atoms with Crippen LogP contribution in [-0.4, -0.2) is 11.1 Å². The molecule has 0 aromatic heterocycles. The summed E-state index contributed by atoms with van der Waals surface area (Å²) in [6, 6.07) is 4.60. The standard InChI is InChI=1S/C12H11F3O2/c1-7-6-11(7,10(16)17)8-3-2-4-9(5-8)12(13,14)15/h2-5,7H,6H2,1H3,(H,16,17). The lowest BCUT2D eigenvalue weighted by Crippen LogP contribution is -2.22. The third kappa shape index (κ3) is 1.79. The van der Waals surface area contributed by atoms with Crippen LogP contribution in [0.3, 0.4) is 0 Å². The van der Waals surface area contributed by atoms with E-state index in [4.69, 9.17) is 5.11 Å². The maximum absolute atomic E-state index is 12.5. The highest BCUT2D eigenvalue weighted by molar-refractivity contribution is 5.85. The van der Waals surface area contributed by atoms with Crippen LogP contribution >= 0.6 is 0 Å². The average molecular weight is 244 g/mol. The molecular formula is C12H11F3O2. The van der Waals surface area contributed by atoms with E-state index in [2.05, 4.69) is 0 Å².